The predicted octanol–water partition coefficient (Wildman–Crippen LogP) is 8.25. The minimum atomic E-state index is -0.243. The summed E-state index contributed by atoms with van der Waals surface area (Å²) in [5, 5.41) is 0. The Kier molecular flexibility index (Phi) is 10.7. The summed E-state index contributed by atoms with van der Waals surface area (Å²) in [6.45, 7) is 19.5. The van der Waals surface area contributed by atoms with E-state index in [9.17, 15) is 9.59 Å². The van der Waals surface area contributed by atoms with E-state index < -0.39 is 0 Å². The van der Waals surface area contributed by atoms with Crippen molar-refractivity contribution in [2.75, 3.05) is 0 Å². The van der Waals surface area contributed by atoms with Gasteiger partial charge in [0.15, 0.2) is 0 Å². The number of unbranched alkanes of at least 4 members (excludes halogenated alkanes) is 1. The number of rotatable bonds is 14. The monoisotopic (exact) mass is 428 g/mol. The molecule has 2 nitrogen and oxygen atoms in total. The first-order valence-corrected chi connectivity index (χ1v) is 12.6. The molecule has 0 aliphatic carbocycles. The summed E-state index contributed by atoms with van der Waals surface area (Å²) < 4.78 is 0. The van der Waals surface area contributed by atoms with Crippen molar-refractivity contribution in [3.8, 4) is 0 Å². The highest BCUT2D eigenvalue weighted by molar-refractivity contribution is 5.89. The van der Waals surface area contributed by atoms with Gasteiger partial charge >= 0.3 is 0 Å². The van der Waals surface area contributed by atoms with Gasteiger partial charge in [-0.05, 0) is 54.4 Å². The van der Waals surface area contributed by atoms with E-state index >= 15 is 0 Å². The predicted molar refractivity (Wildman–Crippen MR) is 133 cm³/mol. The topological polar surface area (TPSA) is 34.1 Å². The highest BCUT2D eigenvalue weighted by atomic mass is 16.1. The second-order valence-electron chi connectivity index (χ2n) is 10.6. The Labute approximate surface area is 192 Å². The normalized spacial score (nSPS) is 18.6. The van der Waals surface area contributed by atoms with E-state index in [0.29, 0.717) is 12.3 Å². The van der Waals surface area contributed by atoms with Gasteiger partial charge < -0.3 is 0 Å². The van der Waals surface area contributed by atoms with Gasteiger partial charge in [0.25, 0.3) is 0 Å². The van der Waals surface area contributed by atoms with Gasteiger partial charge in [0.05, 0.1) is 0 Å². The zero-order chi connectivity index (χ0) is 23.8. The first-order chi connectivity index (χ1) is 14.5. The zero-order valence-electron chi connectivity index (χ0n) is 21.8. The molecule has 31 heavy (non-hydrogen) atoms. The van der Waals surface area contributed by atoms with Gasteiger partial charge in [0, 0.05) is 18.3 Å². The standard InChI is InChI=1S/C29H48O2/c1-10-13-19-25(31)26(21(4)5)27(23(7)30)29(9,12-3)28(8,11-2)20-22(6)24-17-15-14-16-18-24/h14-18,21-22,26-27H,10-13,19-20H2,1-9H3. The molecule has 0 saturated carbocycles. The van der Waals surface area contributed by atoms with Gasteiger partial charge in [0.1, 0.15) is 11.6 Å². The summed E-state index contributed by atoms with van der Waals surface area (Å²) in [4.78, 5) is 26.6. The van der Waals surface area contributed by atoms with Crippen LogP contribution in [-0.2, 0) is 9.59 Å². The molecule has 0 spiro atoms. The molecule has 0 aliphatic rings. The third-order valence-electron chi connectivity index (χ3n) is 8.37. The molecule has 2 heteroatoms. The van der Waals surface area contributed by atoms with Crippen LogP contribution in [0, 0.1) is 28.6 Å². The highest BCUT2D eigenvalue weighted by Crippen LogP contribution is 2.57. The Bertz CT molecular complexity index is 692. The van der Waals surface area contributed by atoms with E-state index in [4.69, 9.17) is 0 Å². The largest absolute Gasteiger partial charge is 0.300 e. The fourth-order valence-electron chi connectivity index (χ4n) is 5.94. The van der Waals surface area contributed by atoms with Crippen LogP contribution in [0.25, 0.3) is 0 Å². The molecule has 1 rings (SSSR count). The van der Waals surface area contributed by atoms with Crippen LogP contribution >= 0.6 is 0 Å². The van der Waals surface area contributed by atoms with Gasteiger partial charge in [-0.15, -0.1) is 0 Å². The van der Waals surface area contributed by atoms with Crippen molar-refractivity contribution in [1.29, 1.82) is 0 Å². The van der Waals surface area contributed by atoms with E-state index in [-0.39, 0.29) is 40.2 Å². The van der Waals surface area contributed by atoms with Crippen LogP contribution in [-0.4, -0.2) is 11.6 Å². The minimum absolute atomic E-state index is 0.0501. The number of benzene rings is 1. The third kappa shape index (κ3) is 6.30. The lowest BCUT2D eigenvalue weighted by molar-refractivity contribution is -0.145. The van der Waals surface area contributed by atoms with Crippen LogP contribution in [0.4, 0.5) is 0 Å². The Morgan fingerprint density at radius 2 is 1.52 bits per heavy atom. The Morgan fingerprint density at radius 3 is 1.94 bits per heavy atom. The molecule has 1 aromatic carbocycles. The van der Waals surface area contributed by atoms with Gasteiger partial charge in [0.2, 0.25) is 0 Å². The van der Waals surface area contributed by atoms with Crippen LogP contribution in [0.15, 0.2) is 30.3 Å². The van der Waals surface area contributed by atoms with Gasteiger partial charge in [-0.2, -0.15) is 0 Å². The van der Waals surface area contributed by atoms with E-state index in [1.165, 1.54) is 5.56 Å². The molecule has 0 aromatic heterocycles. The molecule has 1 aromatic rings. The second-order valence-corrected chi connectivity index (χ2v) is 10.6. The van der Waals surface area contributed by atoms with Crippen LogP contribution < -0.4 is 0 Å². The lowest BCUT2D eigenvalue weighted by Crippen LogP contribution is -2.51. The number of carbonyl (C=O) groups is 2. The summed E-state index contributed by atoms with van der Waals surface area (Å²) in [5.74, 6) is 0.586. The molecular formula is C29H48O2. The molecule has 0 radical (unpaired) electrons. The second kappa shape index (κ2) is 12.0. The maximum Gasteiger partial charge on any atom is 0.136 e. The van der Waals surface area contributed by atoms with E-state index in [1.807, 2.05) is 0 Å². The SMILES string of the molecule is CCCCC(=O)C(C(C)C)C(C(C)=O)C(C)(CC)C(C)(CC)CC(C)c1ccccc1. The lowest BCUT2D eigenvalue weighted by atomic mass is 9.50. The zero-order valence-corrected chi connectivity index (χ0v) is 21.8. The third-order valence-corrected chi connectivity index (χ3v) is 8.37. The first-order valence-electron chi connectivity index (χ1n) is 12.6. The smallest absolute Gasteiger partial charge is 0.136 e. The summed E-state index contributed by atoms with van der Waals surface area (Å²) in [6, 6.07) is 10.7. The van der Waals surface area contributed by atoms with Crippen LogP contribution in [0.3, 0.4) is 0 Å². The number of ketones is 2. The Hall–Kier alpha value is -1.44. The molecule has 5 unspecified atom stereocenters. The lowest BCUT2D eigenvalue weighted by Gasteiger charge is -2.53. The summed E-state index contributed by atoms with van der Waals surface area (Å²) >= 11 is 0. The van der Waals surface area contributed by atoms with E-state index in [1.54, 1.807) is 6.92 Å². The fourth-order valence-corrected chi connectivity index (χ4v) is 5.94. The highest BCUT2D eigenvalue weighted by Gasteiger charge is 2.53. The number of hydrogen-bond acceptors (Lipinski definition) is 2. The maximum absolute atomic E-state index is 13.4. The minimum Gasteiger partial charge on any atom is -0.300 e. The molecule has 0 bridgehead atoms. The molecule has 5 atom stereocenters. The van der Waals surface area contributed by atoms with E-state index in [0.717, 1.165) is 32.1 Å². The number of Topliss-reactive ketones (excluding diaryl/α,β-unsaturated/α-hetero) is 2. The van der Waals surface area contributed by atoms with Crippen LogP contribution in [0.5, 0.6) is 0 Å². The molecule has 176 valence electrons. The molecule has 0 N–H and O–H groups in total. The average molecular weight is 429 g/mol. The first kappa shape index (κ1) is 27.6. The molecular weight excluding hydrogens is 380 g/mol. The van der Waals surface area contributed by atoms with Crippen molar-refractivity contribution in [3.05, 3.63) is 35.9 Å². The van der Waals surface area contributed by atoms with Gasteiger partial charge in [-0.25, -0.2) is 0 Å². The quantitative estimate of drug-likeness (QED) is 0.299. The molecule has 0 amide bonds. The fraction of sp³-hybridized carbons (Fsp3) is 0.724. The Morgan fingerprint density at radius 1 is 0.935 bits per heavy atom. The molecule has 0 heterocycles. The maximum atomic E-state index is 13.4. The van der Waals surface area contributed by atoms with Crippen LogP contribution in [0.1, 0.15) is 112 Å². The summed E-state index contributed by atoms with van der Waals surface area (Å²) in [6.07, 6.45) is 5.40. The van der Waals surface area contributed by atoms with Crippen molar-refractivity contribution >= 4 is 11.6 Å². The van der Waals surface area contributed by atoms with Gasteiger partial charge in [-0.3, -0.25) is 9.59 Å². The molecule has 0 fully saturated rings. The van der Waals surface area contributed by atoms with Crippen molar-refractivity contribution in [2.45, 2.75) is 107 Å². The van der Waals surface area contributed by atoms with Crippen molar-refractivity contribution in [3.63, 3.8) is 0 Å². The van der Waals surface area contributed by atoms with E-state index in [2.05, 4.69) is 85.7 Å². The van der Waals surface area contributed by atoms with Crippen molar-refractivity contribution in [1.82, 2.24) is 0 Å². The average Bonchev–Trinajstić information content (AvgIpc) is 2.74. The summed E-state index contributed by atoms with van der Waals surface area (Å²) in [5.41, 5.74) is 1.05. The van der Waals surface area contributed by atoms with Crippen LogP contribution in [0.2, 0.25) is 0 Å². The van der Waals surface area contributed by atoms with Crippen molar-refractivity contribution < 1.29 is 9.59 Å². The van der Waals surface area contributed by atoms with Crippen molar-refractivity contribution in [2.24, 2.45) is 28.6 Å². The Balaban J connectivity index is 3.45. The molecule has 0 saturated heterocycles. The number of hydrogen-bond donors (Lipinski definition) is 0. The van der Waals surface area contributed by atoms with Gasteiger partial charge in [-0.1, -0.05) is 98.6 Å². The summed E-state index contributed by atoms with van der Waals surface area (Å²) in [7, 11) is 0. The number of carbonyl (C=O) groups excluding carboxylic acids is 2. The molecule has 0 aliphatic heterocycles.